The van der Waals surface area contributed by atoms with Crippen molar-refractivity contribution in [1.29, 1.82) is 0 Å². The molecule has 0 atom stereocenters. The molecule has 2 rings (SSSR count). The van der Waals surface area contributed by atoms with Gasteiger partial charge in [0.2, 0.25) is 0 Å². The number of aromatic carboxylic acids is 1. The van der Waals surface area contributed by atoms with Crippen LogP contribution in [0.4, 0.5) is 10.5 Å². The number of carbonyl (C=O) groups excluding carboxylic acids is 1. The summed E-state index contributed by atoms with van der Waals surface area (Å²) in [5, 5.41) is 21.1. The summed E-state index contributed by atoms with van der Waals surface area (Å²) in [5.74, 6) is -1.43. The van der Waals surface area contributed by atoms with Gasteiger partial charge in [-0.05, 0) is 23.8 Å². The molecule has 0 aliphatic carbocycles. The number of carboxylic acid groups (broad SMARTS) is 1. The summed E-state index contributed by atoms with van der Waals surface area (Å²) in [4.78, 5) is 24.3. The van der Waals surface area contributed by atoms with Crippen LogP contribution in [0.3, 0.4) is 0 Å². The number of amides is 2. The number of hydrogen-bond acceptors (Lipinski definition) is 3. The number of nitrogens with zero attached hydrogens (tertiary/aromatic N) is 1. The van der Waals surface area contributed by atoms with E-state index in [2.05, 4.69) is 5.32 Å². The van der Waals surface area contributed by atoms with Crippen molar-refractivity contribution in [2.75, 3.05) is 12.4 Å². The molecule has 0 radical (unpaired) electrons. The number of carbonyl (C=O) groups is 2. The second-order valence-corrected chi connectivity index (χ2v) is 4.81. The van der Waals surface area contributed by atoms with Crippen LogP contribution < -0.4 is 5.32 Å². The van der Waals surface area contributed by atoms with E-state index in [9.17, 15) is 14.7 Å². The number of benzene rings is 2. The Morgan fingerprint density at radius 3 is 2.41 bits per heavy atom. The fraction of sp³-hybridized carbons (Fsp3) is 0.125. The van der Waals surface area contributed by atoms with Gasteiger partial charge in [-0.2, -0.15) is 0 Å². The number of phenols is 1. The van der Waals surface area contributed by atoms with E-state index in [1.54, 1.807) is 7.05 Å². The second-order valence-electron chi connectivity index (χ2n) is 4.81. The normalized spacial score (nSPS) is 10.0. The van der Waals surface area contributed by atoms with Crippen LogP contribution in [0.25, 0.3) is 0 Å². The molecule has 6 nitrogen and oxygen atoms in total. The number of phenolic OH excluding ortho intramolecular Hbond substituents is 1. The van der Waals surface area contributed by atoms with E-state index < -0.39 is 12.0 Å². The van der Waals surface area contributed by atoms with Crippen LogP contribution in [0.2, 0.25) is 0 Å². The van der Waals surface area contributed by atoms with E-state index in [-0.39, 0.29) is 17.0 Å². The summed E-state index contributed by atoms with van der Waals surface area (Å²) in [6.45, 7) is 0.417. The Labute approximate surface area is 127 Å². The Balaban J connectivity index is 2.04. The number of hydrogen-bond donors (Lipinski definition) is 3. The van der Waals surface area contributed by atoms with Gasteiger partial charge in [-0.15, -0.1) is 0 Å². The van der Waals surface area contributed by atoms with E-state index >= 15 is 0 Å². The summed E-state index contributed by atoms with van der Waals surface area (Å²) in [6, 6.07) is 12.8. The Bertz CT molecular complexity index is 686. The zero-order chi connectivity index (χ0) is 16.1. The highest BCUT2D eigenvalue weighted by Gasteiger charge is 2.13. The summed E-state index contributed by atoms with van der Waals surface area (Å²) in [6.07, 6.45) is 0. The monoisotopic (exact) mass is 300 g/mol. The molecular formula is C16H16N2O4. The maximum absolute atomic E-state index is 12.1. The maximum atomic E-state index is 12.1. The van der Waals surface area contributed by atoms with Crippen molar-refractivity contribution in [2.24, 2.45) is 0 Å². The lowest BCUT2D eigenvalue weighted by Gasteiger charge is -2.18. The van der Waals surface area contributed by atoms with Gasteiger partial charge < -0.3 is 20.4 Å². The highest BCUT2D eigenvalue weighted by atomic mass is 16.4. The summed E-state index contributed by atoms with van der Waals surface area (Å²) in [5.41, 5.74) is 1.09. The minimum absolute atomic E-state index is 0.0480. The van der Waals surface area contributed by atoms with Crippen LogP contribution in [0, 0.1) is 0 Å². The number of aromatic hydroxyl groups is 1. The molecule has 2 aromatic rings. The van der Waals surface area contributed by atoms with Crippen molar-refractivity contribution < 1.29 is 19.8 Å². The van der Waals surface area contributed by atoms with Gasteiger partial charge in [-0.3, -0.25) is 0 Å². The molecule has 6 heteroatoms. The van der Waals surface area contributed by atoms with Crippen LogP contribution in [0.5, 0.6) is 5.75 Å². The molecule has 0 heterocycles. The largest absolute Gasteiger partial charge is 0.506 e. The number of rotatable bonds is 4. The molecule has 0 bridgehead atoms. The first-order chi connectivity index (χ1) is 10.5. The van der Waals surface area contributed by atoms with Crippen LogP contribution in [0.15, 0.2) is 48.5 Å². The van der Waals surface area contributed by atoms with Gasteiger partial charge in [0.05, 0.1) is 11.3 Å². The molecule has 0 aromatic heterocycles. The van der Waals surface area contributed by atoms with Gasteiger partial charge in [-0.25, -0.2) is 9.59 Å². The molecule has 0 unspecified atom stereocenters. The molecule has 0 aliphatic rings. The van der Waals surface area contributed by atoms with E-state index in [1.165, 1.54) is 17.0 Å². The van der Waals surface area contributed by atoms with E-state index in [1.807, 2.05) is 30.3 Å². The molecule has 2 aromatic carbocycles. The molecule has 0 saturated heterocycles. The Morgan fingerprint density at radius 1 is 1.14 bits per heavy atom. The average Bonchev–Trinajstić information content (AvgIpc) is 2.50. The highest BCUT2D eigenvalue weighted by Crippen LogP contribution is 2.24. The molecule has 0 spiro atoms. The molecule has 0 saturated carbocycles. The third-order valence-corrected chi connectivity index (χ3v) is 3.10. The number of anilines is 1. The molecule has 0 aliphatic heterocycles. The minimum Gasteiger partial charge on any atom is -0.506 e. The number of carboxylic acids is 1. The molecule has 3 N–H and O–H groups in total. The summed E-state index contributed by atoms with van der Waals surface area (Å²) >= 11 is 0. The lowest BCUT2D eigenvalue weighted by atomic mass is 10.2. The average molecular weight is 300 g/mol. The van der Waals surface area contributed by atoms with Crippen LogP contribution in [-0.2, 0) is 6.54 Å². The zero-order valence-electron chi connectivity index (χ0n) is 12.0. The molecular weight excluding hydrogens is 284 g/mol. The van der Waals surface area contributed by atoms with Gasteiger partial charge in [0, 0.05) is 13.6 Å². The predicted octanol–water partition coefficient (Wildman–Crippen LogP) is 2.75. The lowest BCUT2D eigenvalue weighted by molar-refractivity contribution is 0.0696. The van der Waals surface area contributed by atoms with Crippen LogP contribution in [0.1, 0.15) is 15.9 Å². The Morgan fingerprint density at radius 2 is 1.82 bits per heavy atom. The first-order valence-corrected chi connectivity index (χ1v) is 6.59. The molecule has 2 amide bonds. The van der Waals surface area contributed by atoms with Gasteiger partial charge in [0.15, 0.2) is 0 Å². The third-order valence-electron chi connectivity index (χ3n) is 3.10. The number of urea groups is 1. The first-order valence-electron chi connectivity index (χ1n) is 6.59. The topological polar surface area (TPSA) is 89.9 Å². The summed E-state index contributed by atoms with van der Waals surface area (Å²) < 4.78 is 0. The quantitative estimate of drug-likeness (QED) is 0.757. The Kier molecular flexibility index (Phi) is 4.63. The molecule has 0 fully saturated rings. The summed E-state index contributed by atoms with van der Waals surface area (Å²) in [7, 11) is 1.63. The van der Waals surface area contributed by atoms with E-state index in [0.717, 1.165) is 11.6 Å². The van der Waals surface area contributed by atoms with Crippen LogP contribution in [-0.4, -0.2) is 34.2 Å². The fourth-order valence-corrected chi connectivity index (χ4v) is 1.91. The minimum atomic E-state index is -1.14. The maximum Gasteiger partial charge on any atom is 0.335 e. The van der Waals surface area contributed by atoms with Crippen LogP contribution >= 0.6 is 0 Å². The Hall–Kier alpha value is -3.02. The van der Waals surface area contributed by atoms with Crippen molar-refractivity contribution in [3.63, 3.8) is 0 Å². The first kappa shape index (κ1) is 15.4. The number of nitrogens with one attached hydrogen (secondary N) is 1. The van der Waals surface area contributed by atoms with Gasteiger partial charge in [0.25, 0.3) is 0 Å². The van der Waals surface area contributed by atoms with Gasteiger partial charge in [-0.1, -0.05) is 30.3 Å². The molecule has 114 valence electrons. The van der Waals surface area contributed by atoms with Gasteiger partial charge >= 0.3 is 12.0 Å². The smallest absolute Gasteiger partial charge is 0.335 e. The van der Waals surface area contributed by atoms with Crippen molar-refractivity contribution in [1.82, 2.24) is 4.90 Å². The standard InChI is InChI=1S/C16H16N2O4/c1-18(10-11-5-3-2-4-6-11)16(22)17-13-8-7-12(15(20)21)9-14(13)19/h2-9,19H,10H2,1H3,(H,17,22)(H,20,21). The highest BCUT2D eigenvalue weighted by molar-refractivity contribution is 5.93. The second kappa shape index (κ2) is 6.62. The lowest BCUT2D eigenvalue weighted by Crippen LogP contribution is -2.30. The van der Waals surface area contributed by atoms with E-state index in [0.29, 0.717) is 6.54 Å². The van der Waals surface area contributed by atoms with Crippen molar-refractivity contribution in [3.05, 3.63) is 59.7 Å². The predicted molar refractivity (Wildman–Crippen MR) is 82.0 cm³/mol. The third kappa shape index (κ3) is 3.76. The van der Waals surface area contributed by atoms with Crippen molar-refractivity contribution >= 4 is 17.7 Å². The van der Waals surface area contributed by atoms with Crippen molar-refractivity contribution in [2.45, 2.75) is 6.54 Å². The van der Waals surface area contributed by atoms with E-state index in [4.69, 9.17) is 5.11 Å². The van der Waals surface area contributed by atoms with Gasteiger partial charge in [0.1, 0.15) is 5.75 Å². The van der Waals surface area contributed by atoms with Crippen molar-refractivity contribution in [3.8, 4) is 5.75 Å². The fourth-order valence-electron chi connectivity index (χ4n) is 1.91. The zero-order valence-corrected chi connectivity index (χ0v) is 12.0. The SMILES string of the molecule is CN(Cc1ccccc1)C(=O)Nc1ccc(C(=O)O)cc1O. The molecule has 22 heavy (non-hydrogen) atoms.